The number of halogens is 1. The van der Waals surface area contributed by atoms with Gasteiger partial charge < -0.3 is 0 Å². The van der Waals surface area contributed by atoms with E-state index in [4.69, 9.17) is 0 Å². The number of hydrogen-bond acceptors (Lipinski definition) is 8. The average molecular weight is 557 g/mol. The maximum absolute atomic E-state index is 15.1. The Hall–Kier alpha value is -2.94. The monoisotopic (exact) mass is 556 g/mol. The van der Waals surface area contributed by atoms with Gasteiger partial charge in [0.15, 0.2) is 15.7 Å². The number of hydrogen-bond donors (Lipinski definition) is 2. The van der Waals surface area contributed by atoms with Gasteiger partial charge in [-0.1, -0.05) is 24.3 Å². The predicted octanol–water partition coefficient (Wildman–Crippen LogP) is 2.36. The third-order valence-electron chi connectivity index (χ3n) is 4.63. The first kappa shape index (κ1) is 27.6. The molecular formula is C22H25FN4O6S3. The molecule has 0 saturated heterocycles. The minimum atomic E-state index is -3.90. The molecule has 0 atom stereocenters. The van der Waals surface area contributed by atoms with Crippen LogP contribution in [0.15, 0.2) is 59.8 Å². The van der Waals surface area contributed by atoms with E-state index in [9.17, 15) is 25.3 Å². The van der Waals surface area contributed by atoms with E-state index in [1.165, 1.54) is 24.3 Å². The van der Waals surface area contributed by atoms with Gasteiger partial charge >= 0.3 is 0 Å². The largest absolute Gasteiger partial charge is 0.251 e. The minimum Gasteiger partial charge on any atom is -0.251 e. The molecule has 0 aliphatic carbocycles. The maximum Gasteiger partial charge on any atom is 0.241 e. The zero-order chi connectivity index (χ0) is 26.9. The summed E-state index contributed by atoms with van der Waals surface area (Å²) in [6.07, 6.45) is 3.02. The van der Waals surface area contributed by atoms with Crippen molar-refractivity contribution in [3.8, 4) is 22.4 Å². The number of thiol groups is 1. The van der Waals surface area contributed by atoms with Gasteiger partial charge in [-0.15, -0.1) is 0 Å². The van der Waals surface area contributed by atoms with Crippen molar-refractivity contribution in [2.24, 2.45) is 0 Å². The Labute approximate surface area is 211 Å². The molecule has 0 aliphatic rings. The van der Waals surface area contributed by atoms with Crippen molar-refractivity contribution in [2.45, 2.75) is 31.2 Å². The highest BCUT2D eigenvalue weighted by molar-refractivity contribution is 7.91. The van der Waals surface area contributed by atoms with Crippen molar-refractivity contribution < 1.29 is 29.6 Å². The second-order valence-electron chi connectivity index (χ2n) is 9.00. The first-order valence-electron chi connectivity index (χ1n) is 10.4. The molecule has 0 spiro atoms. The topological polar surface area (TPSA) is 143 Å². The van der Waals surface area contributed by atoms with Crippen LogP contribution < -0.4 is 9.03 Å². The van der Waals surface area contributed by atoms with Gasteiger partial charge in [0.2, 0.25) is 20.9 Å². The Bertz CT molecular complexity index is 1560. The van der Waals surface area contributed by atoms with Gasteiger partial charge in [-0.25, -0.2) is 43.7 Å². The Morgan fingerprint density at radius 2 is 1.64 bits per heavy atom. The van der Waals surface area contributed by atoms with Gasteiger partial charge in [0.1, 0.15) is 11.7 Å². The molecule has 0 unspecified atom stereocenters. The Kier molecular flexibility index (Phi) is 7.83. The third kappa shape index (κ3) is 6.84. The molecule has 2 aromatic carbocycles. The second kappa shape index (κ2) is 10.2. The fourth-order valence-electron chi connectivity index (χ4n) is 3.30. The molecule has 0 fully saturated rings. The van der Waals surface area contributed by atoms with Crippen LogP contribution in [0.2, 0.25) is 0 Å². The van der Waals surface area contributed by atoms with Crippen LogP contribution in [-0.4, -0.2) is 52.9 Å². The van der Waals surface area contributed by atoms with E-state index in [1.807, 2.05) is 0 Å². The van der Waals surface area contributed by atoms with Crippen molar-refractivity contribution in [1.29, 1.82) is 0 Å². The van der Waals surface area contributed by atoms with E-state index in [2.05, 4.69) is 14.7 Å². The lowest BCUT2D eigenvalue weighted by atomic mass is 10.0. The van der Waals surface area contributed by atoms with Crippen molar-refractivity contribution in [3.63, 3.8) is 0 Å². The Balaban J connectivity index is 1.98. The number of aromatic nitrogens is 2. The van der Waals surface area contributed by atoms with Crippen LogP contribution in [0.1, 0.15) is 20.8 Å². The normalized spacial score (nSPS) is 12.6. The molecule has 36 heavy (non-hydrogen) atoms. The molecule has 1 heterocycles. The van der Waals surface area contributed by atoms with Crippen LogP contribution in [-0.2, 0) is 30.8 Å². The lowest BCUT2D eigenvalue weighted by Crippen LogP contribution is -2.40. The van der Waals surface area contributed by atoms with E-state index in [0.29, 0.717) is 15.4 Å². The molecule has 1 N–H and O–H groups in total. The summed E-state index contributed by atoms with van der Waals surface area (Å²) in [4.78, 5) is 7.95. The van der Waals surface area contributed by atoms with Crippen molar-refractivity contribution in [2.75, 3.05) is 16.4 Å². The van der Waals surface area contributed by atoms with Crippen LogP contribution in [0.5, 0.6) is 0 Å². The Morgan fingerprint density at radius 3 is 2.17 bits per heavy atom. The van der Waals surface area contributed by atoms with E-state index in [1.54, 1.807) is 39.0 Å². The van der Waals surface area contributed by atoms with E-state index in [-0.39, 0.29) is 22.0 Å². The van der Waals surface area contributed by atoms with E-state index < -0.39 is 48.0 Å². The number of benzene rings is 2. The lowest BCUT2D eigenvalue weighted by molar-refractivity contribution is 0.491. The highest BCUT2D eigenvalue weighted by atomic mass is 32.2. The SMILES string of the molecule is CC(C)(C)NS(=O)(=O)c1ccccc1-c1ccc(-c2cnc(N(CS(C)(=O)=O)[SH](=O)=O)cn2)c(F)c1. The number of anilines is 1. The smallest absolute Gasteiger partial charge is 0.241 e. The maximum atomic E-state index is 15.1. The van der Waals surface area contributed by atoms with Gasteiger partial charge in [-0.2, -0.15) is 0 Å². The Morgan fingerprint density at radius 1 is 0.972 bits per heavy atom. The first-order valence-corrected chi connectivity index (χ1v) is 15.1. The summed E-state index contributed by atoms with van der Waals surface area (Å²) >= 11 is 0. The zero-order valence-electron chi connectivity index (χ0n) is 19.8. The molecule has 1 aromatic heterocycles. The first-order chi connectivity index (χ1) is 16.6. The van der Waals surface area contributed by atoms with Gasteiger partial charge in [0.25, 0.3) is 0 Å². The highest BCUT2D eigenvalue weighted by Crippen LogP contribution is 2.31. The summed E-state index contributed by atoms with van der Waals surface area (Å²) in [6, 6.07) is 10.3. The van der Waals surface area contributed by atoms with Gasteiger partial charge in [-0.3, -0.25) is 4.98 Å². The summed E-state index contributed by atoms with van der Waals surface area (Å²) in [5.74, 6) is -1.76. The van der Waals surface area contributed by atoms with Crippen molar-refractivity contribution in [3.05, 3.63) is 60.7 Å². The number of sulfonamides is 1. The molecule has 3 rings (SSSR count). The fourth-order valence-corrected chi connectivity index (χ4v) is 6.80. The van der Waals surface area contributed by atoms with Crippen molar-refractivity contribution >= 4 is 36.6 Å². The summed E-state index contributed by atoms with van der Waals surface area (Å²) in [6.45, 7) is 5.14. The molecule has 10 nitrogen and oxygen atoms in total. The predicted molar refractivity (Wildman–Crippen MR) is 135 cm³/mol. The molecule has 0 bridgehead atoms. The quantitative estimate of drug-likeness (QED) is 0.403. The van der Waals surface area contributed by atoms with E-state index in [0.717, 1.165) is 18.6 Å². The standard InChI is InChI=1S/C22H25FN4O6S3/c1-22(2,3)26-36(32,33)20-8-6-5-7-16(20)15-9-10-17(18(23)11-15)19-12-25-21(13-24-19)27(34(28)29)14-35(4,30)31/h5-13,26,34H,14H2,1-4H3. The molecular weight excluding hydrogens is 531 g/mol. The minimum absolute atomic E-state index is 0.00564. The fraction of sp³-hybridized carbons (Fsp3) is 0.273. The van der Waals surface area contributed by atoms with Gasteiger partial charge in [0, 0.05) is 22.9 Å². The van der Waals surface area contributed by atoms with Gasteiger partial charge in [0.05, 0.1) is 23.0 Å². The summed E-state index contributed by atoms with van der Waals surface area (Å²) < 4.78 is 90.0. The average Bonchev–Trinajstić information content (AvgIpc) is 2.75. The number of sulfone groups is 1. The summed E-state index contributed by atoms with van der Waals surface area (Å²) in [7, 11) is -10.9. The molecule has 0 aliphatic heterocycles. The number of nitrogens with zero attached hydrogens (tertiary/aromatic N) is 3. The molecule has 3 aromatic rings. The van der Waals surface area contributed by atoms with Crippen molar-refractivity contribution in [1.82, 2.24) is 14.7 Å². The molecule has 0 amide bonds. The van der Waals surface area contributed by atoms with Crippen LogP contribution in [0.3, 0.4) is 0 Å². The molecule has 0 saturated carbocycles. The highest BCUT2D eigenvalue weighted by Gasteiger charge is 2.25. The third-order valence-corrected chi connectivity index (χ3v) is 8.11. The summed E-state index contributed by atoms with van der Waals surface area (Å²) in [5.41, 5.74) is 0.00291. The second-order valence-corrected chi connectivity index (χ2v) is 13.7. The number of rotatable bonds is 8. The molecule has 14 heteroatoms. The van der Waals surface area contributed by atoms with Crippen LogP contribution in [0, 0.1) is 5.82 Å². The molecule has 0 radical (unpaired) electrons. The van der Waals surface area contributed by atoms with Crippen LogP contribution >= 0.6 is 0 Å². The summed E-state index contributed by atoms with van der Waals surface area (Å²) in [5, 5.41) is 0. The van der Waals surface area contributed by atoms with Gasteiger partial charge in [-0.05, 0) is 44.5 Å². The zero-order valence-corrected chi connectivity index (χ0v) is 22.4. The lowest BCUT2D eigenvalue weighted by Gasteiger charge is -2.21. The van der Waals surface area contributed by atoms with Crippen LogP contribution in [0.25, 0.3) is 22.4 Å². The molecule has 194 valence electrons. The van der Waals surface area contributed by atoms with E-state index >= 15 is 4.39 Å². The number of nitrogens with one attached hydrogen (secondary N) is 1. The van der Waals surface area contributed by atoms with Crippen LogP contribution in [0.4, 0.5) is 10.2 Å².